The van der Waals surface area contributed by atoms with Gasteiger partial charge in [0.15, 0.2) is 0 Å². The van der Waals surface area contributed by atoms with Gasteiger partial charge in [-0.3, -0.25) is 0 Å². The molecule has 0 radical (unpaired) electrons. The number of hydrogen-bond acceptors (Lipinski definition) is 0. The molecule has 4 heterocycles. The molecule has 0 bridgehead atoms. The topological polar surface area (TPSA) is 9.86 Å². The van der Waals surface area contributed by atoms with E-state index in [2.05, 4.69) is 166 Å². The highest BCUT2D eigenvalue weighted by atomic mass is 15.0. The van der Waals surface area contributed by atoms with Gasteiger partial charge in [-0.1, -0.05) is 120 Å². The predicted molar refractivity (Wildman–Crippen MR) is 219 cm³/mol. The van der Waals surface area contributed by atoms with Crippen LogP contribution in [0.1, 0.15) is 52.7 Å². The first kappa shape index (κ1) is 28.2. The lowest BCUT2D eigenvalue weighted by Gasteiger charge is -2.34. The maximum Gasteiger partial charge on any atom is 0.252 e. The summed E-state index contributed by atoms with van der Waals surface area (Å²) in [4.78, 5) is 0. The first-order valence-corrected chi connectivity index (χ1v) is 18.5. The Morgan fingerprint density at radius 1 is 0.451 bits per heavy atom. The Bertz CT molecular complexity index is 3100. The van der Waals surface area contributed by atoms with Crippen molar-refractivity contribution in [3.63, 3.8) is 0 Å². The summed E-state index contributed by atoms with van der Waals surface area (Å²) in [6.45, 7) is 14.2. The molecule has 0 unspecified atom stereocenters. The molecule has 9 aromatic rings. The van der Waals surface area contributed by atoms with E-state index in [9.17, 15) is 0 Å². The summed E-state index contributed by atoms with van der Waals surface area (Å²) < 4.78 is 5.23. The van der Waals surface area contributed by atoms with Crippen molar-refractivity contribution in [2.24, 2.45) is 0 Å². The zero-order valence-corrected chi connectivity index (χ0v) is 29.9. The van der Waals surface area contributed by atoms with E-state index in [-0.39, 0.29) is 17.5 Å². The zero-order chi connectivity index (χ0) is 34.3. The Morgan fingerprint density at radius 3 is 1.78 bits per heavy atom. The Balaban J connectivity index is 1.32. The second kappa shape index (κ2) is 8.84. The van der Waals surface area contributed by atoms with Crippen LogP contribution in [0, 0.1) is 0 Å². The molecule has 0 N–H and O–H groups in total. The quantitative estimate of drug-likeness (QED) is 0.144. The third-order valence-electron chi connectivity index (χ3n) is 12.5. The second-order valence-electron chi connectivity index (χ2n) is 17.3. The fourth-order valence-corrected chi connectivity index (χ4v) is 10.2. The number of fused-ring (bicyclic) bond motifs is 11. The molecule has 3 heteroatoms. The Hall–Kier alpha value is -5.54. The fraction of sp³-hybridized carbons (Fsp3) is 0.167. The van der Waals surface area contributed by atoms with Crippen molar-refractivity contribution in [2.75, 3.05) is 0 Å². The van der Waals surface area contributed by atoms with Crippen molar-refractivity contribution in [3.05, 3.63) is 126 Å². The lowest BCUT2D eigenvalue weighted by atomic mass is 9.34. The van der Waals surface area contributed by atoms with Gasteiger partial charge in [-0.05, 0) is 108 Å². The molecule has 1 aliphatic carbocycles. The number of hydrogen-bond donors (Lipinski definition) is 0. The van der Waals surface area contributed by atoms with Gasteiger partial charge >= 0.3 is 0 Å². The average Bonchev–Trinajstić information content (AvgIpc) is 3.60. The number of nitrogens with zero attached hydrogens (tertiary/aromatic N) is 2. The Labute approximate surface area is 298 Å². The summed E-state index contributed by atoms with van der Waals surface area (Å²) in [7, 11) is 0. The summed E-state index contributed by atoms with van der Waals surface area (Å²) >= 11 is 0. The molecule has 3 aliphatic rings. The highest BCUT2D eigenvalue weighted by Gasteiger charge is 2.42. The van der Waals surface area contributed by atoms with Crippen molar-refractivity contribution in [3.8, 4) is 33.6 Å². The van der Waals surface area contributed by atoms with Gasteiger partial charge in [-0.2, -0.15) is 0 Å². The molecular weight excluding hydrogens is 615 g/mol. The van der Waals surface area contributed by atoms with Crippen LogP contribution in [-0.2, 0) is 10.8 Å². The summed E-state index contributed by atoms with van der Waals surface area (Å²) in [5.41, 5.74) is 20.3. The van der Waals surface area contributed by atoms with Gasteiger partial charge in [0.25, 0.3) is 6.71 Å². The number of aromatic nitrogens is 2. The van der Waals surface area contributed by atoms with E-state index >= 15 is 0 Å². The van der Waals surface area contributed by atoms with E-state index in [1.807, 2.05) is 0 Å². The minimum Gasteiger partial charge on any atom is -0.310 e. The van der Waals surface area contributed by atoms with Crippen LogP contribution in [0.2, 0.25) is 0 Å². The Morgan fingerprint density at radius 2 is 1.06 bits per heavy atom. The molecule has 2 aliphatic heterocycles. The molecule has 7 aromatic carbocycles. The molecule has 0 saturated carbocycles. The van der Waals surface area contributed by atoms with Crippen LogP contribution in [0.3, 0.4) is 0 Å². The largest absolute Gasteiger partial charge is 0.310 e. The van der Waals surface area contributed by atoms with Gasteiger partial charge in [0, 0.05) is 38.4 Å². The Kier molecular flexibility index (Phi) is 4.89. The number of rotatable bonds is 0. The van der Waals surface area contributed by atoms with E-state index < -0.39 is 0 Å². The molecule has 2 aromatic heterocycles. The molecule has 0 spiro atoms. The maximum atomic E-state index is 2.63. The molecule has 12 rings (SSSR count). The lowest BCUT2D eigenvalue weighted by Crippen LogP contribution is -2.59. The third-order valence-corrected chi connectivity index (χ3v) is 12.5. The van der Waals surface area contributed by atoms with Gasteiger partial charge < -0.3 is 9.13 Å². The van der Waals surface area contributed by atoms with Crippen LogP contribution < -0.4 is 16.4 Å². The van der Waals surface area contributed by atoms with Crippen molar-refractivity contribution in [2.45, 2.75) is 52.4 Å². The maximum absolute atomic E-state index is 2.63. The molecule has 2 nitrogen and oxygen atoms in total. The molecule has 0 fully saturated rings. The van der Waals surface area contributed by atoms with Crippen LogP contribution in [0.4, 0.5) is 0 Å². The van der Waals surface area contributed by atoms with Crippen LogP contribution in [0.25, 0.3) is 88.0 Å². The van der Waals surface area contributed by atoms with E-state index in [0.717, 1.165) is 0 Å². The predicted octanol–water partition coefficient (Wildman–Crippen LogP) is 10.4. The van der Waals surface area contributed by atoms with Gasteiger partial charge in [-0.15, -0.1) is 0 Å². The summed E-state index contributed by atoms with van der Waals surface area (Å²) in [6, 6.07) is 44.9. The van der Waals surface area contributed by atoms with Gasteiger partial charge in [-0.25, -0.2) is 0 Å². The van der Waals surface area contributed by atoms with Crippen LogP contribution in [-0.4, -0.2) is 15.8 Å². The standard InChI is InChI=1S/C48H37BN2/c1-47(2,3)27-20-21-37-33(23-27)34-24-28(48(4,5)6)25-36-45(34)50(37)39-18-11-19-40-44(39)49(36)35-22-26-12-9-15-31-29-13-7-8-14-30(29)32-16-10-17-38-42(32)43(41(26)31)46(35)51(38)40/h7-25H,1-6H3. The van der Waals surface area contributed by atoms with Crippen LogP contribution in [0.15, 0.2) is 115 Å². The average molecular weight is 653 g/mol. The van der Waals surface area contributed by atoms with E-state index in [1.165, 1.54) is 116 Å². The molecule has 0 atom stereocenters. The summed E-state index contributed by atoms with van der Waals surface area (Å²) in [6.07, 6.45) is 0. The van der Waals surface area contributed by atoms with Gasteiger partial charge in [0.05, 0.1) is 16.6 Å². The zero-order valence-electron chi connectivity index (χ0n) is 29.9. The highest BCUT2D eigenvalue weighted by Crippen LogP contribution is 2.50. The van der Waals surface area contributed by atoms with E-state index in [4.69, 9.17) is 0 Å². The smallest absolute Gasteiger partial charge is 0.252 e. The summed E-state index contributed by atoms with van der Waals surface area (Å²) in [5.74, 6) is 0. The van der Waals surface area contributed by atoms with Crippen LogP contribution in [0.5, 0.6) is 0 Å². The van der Waals surface area contributed by atoms with Crippen molar-refractivity contribution < 1.29 is 0 Å². The fourth-order valence-electron chi connectivity index (χ4n) is 10.2. The van der Waals surface area contributed by atoms with Crippen molar-refractivity contribution in [1.82, 2.24) is 9.13 Å². The molecule has 0 amide bonds. The van der Waals surface area contributed by atoms with Crippen molar-refractivity contribution in [1.29, 1.82) is 0 Å². The third kappa shape index (κ3) is 3.28. The summed E-state index contributed by atoms with van der Waals surface area (Å²) in [5, 5.41) is 8.21. The molecular formula is C48H37BN2. The normalized spacial score (nSPS) is 14.0. The van der Waals surface area contributed by atoms with Gasteiger partial charge in [0.2, 0.25) is 0 Å². The molecule has 51 heavy (non-hydrogen) atoms. The minimum atomic E-state index is -0.00283. The molecule has 242 valence electrons. The number of benzene rings is 7. The molecule has 0 saturated heterocycles. The SMILES string of the molecule is CC(C)(C)c1ccc2c(c1)c1cc(C(C)(C)C)cc3c1n2-c1cccc2c1B3c1cc3cccc4c3c3c5c(cccc5n-2c13)-c1ccccc1-4. The van der Waals surface area contributed by atoms with Crippen molar-refractivity contribution >= 4 is 77.5 Å². The minimum absolute atomic E-state index is 0.00283. The van der Waals surface area contributed by atoms with E-state index in [1.54, 1.807) is 0 Å². The van der Waals surface area contributed by atoms with E-state index in [0.29, 0.717) is 0 Å². The van der Waals surface area contributed by atoms with Crippen LogP contribution >= 0.6 is 0 Å². The lowest BCUT2D eigenvalue weighted by molar-refractivity contribution is 0.590. The highest BCUT2D eigenvalue weighted by molar-refractivity contribution is 7.00. The monoisotopic (exact) mass is 652 g/mol. The second-order valence-corrected chi connectivity index (χ2v) is 17.3. The first-order valence-electron chi connectivity index (χ1n) is 18.5. The van der Waals surface area contributed by atoms with Gasteiger partial charge in [0.1, 0.15) is 0 Å². The first-order chi connectivity index (χ1) is 24.6.